The average molecular weight is 441 g/mol. The lowest BCUT2D eigenvalue weighted by atomic mass is 10.1. The maximum atomic E-state index is 12.6. The first-order chi connectivity index (χ1) is 13.5. The smallest absolute Gasteiger partial charge is 0.347 e. The van der Waals surface area contributed by atoms with Gasteiger partial charge in [-0.25, -0.2) is 9.59 Å². The number of esters is 1. The Kier molecular flexibility index (Phi) is 6.45. The molecule has 0 heterocycles. The topological polar surface area (TPSA) is 72.8 Å². The SMILES string of the molecule is O=C(O)c1cccc(OC(=O)c2cc(Br)ccc2OCCc2ccccc2)c1. The molecule has 0 radical (unpaired) electrons. The fourth-order valence-electron chi connectivity index (χ4n) is 2.57. The first-order valence-corrected chi connectivity index (χ1v) is 9.34. The zero-order chi connectivity index (χ0) is 19.9. The lowest BCUT2D eigenvalue weighted by Crippen LogP contribution is -2.12. The van der Waals surface area contributed by atoms with Crippen LogP contribution in [-0.2, 0) is 6.42 Å². The van der Waals surface area contributed by atoms with Gasteiger partial charge in [0, 0.05) is 10.9 Å². The minimum Gasteiger partial charge on any atom is -0.492 e. The van der Waals surface area contributed by atoms with E-state index < -0.39 is 11.9 Å². The second-order valence-electron chi connectivity index (χ2n) is 5.95. The average Bonchev–Trinajstić information content (AvgIpc) is 2.70. The van der Waals surface area contributed by atoms with E-state index in [2.05, 4.69) is 15.9 Å². The van der Waals surface area contributed by atoms with Gasteiger partial charge in [0.25, 0.3) is 0 Å². The quantitative estimate of drug-likeness (QED) is 0.413. The lowest BCUT2D eigenvalue weighted by Gasteiger charge is -2.12. The Morgan fingerprint density at radius 1 is 0.929 bits per heavy atom. The molecule has 1 N–H and O–H groups in total. The normalized spacial score (nSPS) is 10.3. The van der Waals surface area contributed by atoms with Crippen molar-refractivity contribution in [3.05, 3.63) is 94.0 Å². The Bertz CT molecular complexity index is 985. The maximum Gasteiger partial charge on any atom is 0.347 e. The molecular formula is C22H17BrO5. The number of carboxylic acid groups (broad SMARTS) is 1. The molecule has 0 saturated heterocycles. The van der Waals surface area contributed by atoms with Gasteiger partial charge >= 0.3 is 11.9 Å². The molecule has 0 saturated carbocycles. The molecule has 0 aliphatic heterocycles. The van der Waals surface area contributed by atoms with E-state index in [1.807, 2.05) is 30.3 Å². The summed E-state index contributed by atoms with van der Waals surface area (Å²) in [6, 6.07) is 20.7. The summed E-state index contributed by atoms with van der Waals surface area (Å²) in [5.41, 5.74) is 1.43. The summed E-state index contributed by atoms with van der Waals surface area (Å²) >= 11 is 3.34. The molecule has 0 aliphatic rings. The van der Waals surface area contributed by atoms with Gasteiger partial charge < -0.3 is 14.6 Å². The van der Waals surface area contributed by atoms with E-state index in [-0.39, 0.29) is 16.9 Å². The Balaban J connectivity index is 1.73. The standard InChI is InChI=1S/C22H17BrO5/c23-17-9-10-20(27-12-11-15-5-2-1-3-6-15)19(14-17)22(26)28-18-8-4-7-16(13-18)21(24)25/h1-10,13-14H,11-12H2,(H,24,25). The van der Waals surface area contributed by atoms with E-state index >= 15 is 0 Å². The third-order valence-corrected chi connectivity index (χ3v) is 4.44. The lowest BCUT2D eigenvalue weighted by molar-refractivity contribution is 0.0686. The fourth-order valence-corrected chi connectivity index (χ4v) is 2.93. The second kappa shape index (κ2) is 9.19. The van der Waals surface area contributed by atoms with Gasteiger partial charge in [-0.3, -0.25) is 0 Å². The van der Waals surface area contributed by atoms with E-state index in [9.17, 15) is 9.59 Å². The minimum absolute atomic E-state index is 0.0406. The number of carbonyl (C=O) groups is 2. The zero-order valence-electron chi connectivity index (χ0n) is 14.8. The Morgan fingerprint density at radius 3 is 2.46 bits per heavy atom. The number of aromatic carboxylic acids is 1. The Hall–Kier alpha value is -3.12. The van der Waals surface area contributed by atoms with Gasteiger partial charge in [-0.2, -0.15) is 0 Å². The van der Waals surface area contributed by atoms with Gasteiger partial charge in [0.05, 0.1) is 12.2 Å². The third kappa shape index (κ3) is 5.20. The summed E-state index contributed by atoms with van der Waals surface area (Å²) in [4.78, 5) is 23.7. The summed E-state index contributed by atoms with van der Waals surface area (Å²) in [5, 5.41) is 9.07. The van der Waals surface area contributed by atoms with Crippen LogP contribution in [0.15, 0.2) is 77.3 Å². The van der Waals surface area contributed by atoms with Crippen molar-refractivity contribution in [3.63, 3.8) is 0 Å². The fraction of sp³-hybridized carbons (Fsp3) is 0.0909. The van der Waals surface area contributed by atoms with Crippen LogP contribution in [0.4, 0.5) is 0 Å². The highest BCUT2D eigenvalue weighted by Gasteiger charge is 2.17. The first kappa shape index (κ1) is 19.6. The Labute approximate surface area is 170 Å². The predicted molar refractivity (Wildman–Crippen MR) is 108 cm³/mol. The van der Waals surface area contributed by atoms with Crippen LogP contribution in [-0.4, -0.2) is 23.7 Å². The maximum absolute atomic E-state index is 12.6. The molecule has 0 atom stereocenters. The number of hydrogen-bond acceptors (Lipinski definition) is 4. The van der Waals surface area contributed by atoms with E-state index in [1.54, 1.807) is 18.2 Å². The molecule has 3 rings (SSSR count). The molecule has 0 fully saturated rings. The van der Waals surface area contributed by atoms with Crippen molar-refractivity contribution in [2.45, 2.75) is 6.42 Å². The largest absolute Gasteiger partial charge is 0.492 e. The van der Waals surface area contributed by atoms with Crippen LogP contribution in [0.5, 0.6) is 11.5 Å². The van der Waals surface area contributed by atoms with Crippen LogP contribution in [0.25, 0.3) is 0 Å². The van der Waals surface area contributed by atoms with Crippen LogP contribution in [0.1, 0.15) is 26.3 Å². The molecule has 3 aromatic carbocycles. The second-order valence-corrected chi connectivity index (χ2v) is 6.86. The molecule has 0 bridgehead atoms. The molecule has 3 aromatic rings. The molecule has 142 valence electrons. The zero-order valence-corrected chi connectivity index (χ0v) is 16.4. The van der Waals surface area contributed by atoms with Crippen molar-refractivity contribution in [1.82, 2.24) is 0 Å². The summed E-state index contributed by atoms with van der Waals surface area (Å²) in [6.45, 7) is 0.403. The number of halogens is 1. The van der Waals surface area contributed by atoms with Crippen LogP contribution in [0, 0.1) is 0 Å². The Morgan fingerprint density at radius 2 is 1.71 bits per heavy atom. The van der Waals surface area contributed by atoms with Crippen molar-refractivity contribution in [1.29, 1.82) is 0 Å². The molecule has 6 heteroatoms. The van der Waals surface area contributed by atoms with Crippen LogP contribution in [0.3, 0.4) is 0 Å². The van der Waals surface area contributed by atoms with Gasteiger partial charge in [-0.05, 0) is 42.0 Å². The molecule has 0 spiro atoms. The van der Waals surface area contributed by atoms with Crippen molar-refractivity contribution in [2.24, 2.45) is 0 Å². The number of carboxylic acids is 1. The van der Waals surface area contributed by atoms with Crippen molar-refractivity contribution >= 4 is 27.9 Å². The number of carbonyl (C=O) groups excluding carboxylic acids is 1. The van der Waals surface area contributed by atoms with Gasteiger partial charge in [-0.1, -0.05) is 52.3 Å². The summed E-state index contributed by atoms with van der Waals surface area (Å²) in [5.74, 6) is -1.16. The van der Waals surface area contributed by atoms with Crippen molar-refractivity contribution in [3.8, 4) is 11.5 Å². The number of hydrogen-bond donors (Lipinski definition) is 1. The van der Waals surface area contributed by atoms with Gasteiger partial charge in [0.1, 0.15) is 17.1 Å². The summed E-state index contributed by atoms with van der Waals surface area (Å²) in [7, 11) is 0. The molecule has 0 unspecified atom stereocenters. The highest BCUT2D eigenvalue weighted by molar-refractivity contribution is 9.10. The van der Waals surface area contributed by atoms with Crippen molar-refractivity contribution in [2.75, 3.05) is 6.61 Å². The van der Waals surface area contributed by atoms with E-state index in [1.165, 1.54) is 24.3 Å². The minimum atomic E-state index is -1.09. The number of ether oxygens (including phenoxy) is 2. The number of benzene rings is 3. The number of rotatable bonds is 7. The summed E-state index contributed by atoms with van der Waals surface area (Å²) < 4.78 is 11.9. The first-order valence-electron chi connectivity index (χ1n) is 8.55. The van der Waals surface area contributed by atoms with Crippen LogP contribution >= 0.6 is 15.9 Å². The van der Waals surface area contributed by atoms with E-state index in [4.69, 9.17) is 14.6 Å². The summed E-state index contributed by atoms with van der Waals surface area (Å²) in [6.07, 6.45) is 0.700. The van der Waals surface area contributed by atoms with Crippen molar-refractivity contribution < 1.29 is 24.2 Å². The van der Waals surface area contributed by atoms with Gasteiger partial charge in [0.2, 0.25) is 0 Å². The third-order valence-electron chi connectivity index (χ3n) is 3.94. The molecular weight excluding hydrogens is 424 g/mol. The molecule has 0 aromatic heterocycles. The molecule has 5 nitrogen and oxygen atoms in total. The molecule has 0 aliphatic carbocycles. The highest BCUT2D eigenvalue weighted by Crippen LogP contribution is 2.25. The molecule has 28 heavy (non-hydrogen) atoms. The van der Waals surface area contributed by atoms with E-state index in [0.29, 0.717) is 23.2 Å². The van der Waals surface area contributed by atoms with E-state index in [0.717, 1.165) is 5.56 Å². The molecule has 0 amide bonds. The van der Waals surface area contributed by atoms with Crippen LogP contribution < -0.4 is 9.47 Å². The van der Waals surface area contributed by atoms with Crippen LogP contribution in [0.2, 0.25) is 0 Å². The predicted octanol–water partition coefficient (Wildman–Crippen LogP) is 4.99. The van der Waals surface area contributed by atoms with Gasteiger partial charge in [-0.15, -0.1) is 0 Å². The van der Waals surface area contributed by atoms with Gasteiger partial charge in [0.15, 0.2) is 0 Å². The highest BCUT2D eigenvalue weighted by atomic mass is 79.9. The monoisotopic (exact) mass is 440 g/mol.